The summed E-state index contributed by atoms with van der Waals surface area (Å²) in [5.74, 6) is 0.466. The fraction of sp³-hybridized carbons (Fsp3) is 0.533. The Balaban J connectivity index is 2.06. The van der Waals surface area contributed by atoms with Gasteiger partial charge in [0.05, 0.1) is 18.3 Å². The maximum Gasteiger partial charge on any atom is 0.338 e. The first-order valence-electron chi connectivity index (χ1n) is 6.47. The van der Waals surface area contributed by atoms with Crippen LogP contribution in [0.25, 0.3) is 0 Å². The predicted molar refractivity (Wildman–Crippen MR) is 69.4 cm³/mol. The number of carbonyl (C=O) groups excluding carboxylic acids is 1. The maximum atomic E-state index is 12.0. The molecule has 4 atom stereocenters. The Kier molecular flexibility index (Phi) is 4.02. The predicted octanol–water partition coefficient (Wildman–Crippen LogP) is 2.90. The monoisotopic (exact) mass is 248 g/mol. The van der Waals surface area contributed by atoms with E-state index in [0.29, 0.717) is 17.4 Å². The summed E-state index contributed by atoms with van der Waals surface area (Å²) in [7, 11) is 0. The van der Waals surface area contributed by atoms with Crippen LogP contribution in [0.3, 0.4) is 0 Å². The second kappa shape index (κ2) is 5.53. The maximum absolute atomic E-state index is 12.0. The number of rotatable bonds is 2. The molecule has 0 saturated carbocycles. The number of hydrogen-bond acceptors (Lipinski definition) is 3. The summed E-state index contributed by atoms with van der Waals surface area (Å²) in [5.41, 5.74) is 0.593. The highest BCUT2D eigenvalue weighted by atomic mass is 16.6. The lowest BCUT2D eigenvalue weighted by Gasteiger charge is -2.38. The molecule has 0 bridgehead atoms. The second-order valence-electron chi connectivity index (χ2n) is 5.11. The molecule has 1 aliphatic rings. The van der Waals surface area contributed by atoms with E-state index in [1.807, 2.05) is 25.1 Å². The summed E-state index contributed by atoms with van der Waals surface area (Å²) in [6, 6.07) is 9.09. The summed E-state index contributed by atoms with van der Waals surface area (Å²) in [6.45, 7) is 6.94. The van der Waals surface area contributed by atoms with Gasteiger partial charge in [0.1, 0.15) is 6.10 Å². The van der Waals surface area contributed by atoms with Gasteiger partial charge in [0.25, 0.3) is 0 Å². The van der Waals surface area contributed by atoms with Crippen LogP contribution < -0.4 is 0 Å². The summed E-state index contributed by atoms with van der Waals surface area (Å²) in [5, 5.41) is 0. The Labute approximate surface area is 108 Å². The molecule has 1 aromatic rings. The highest BCUT2D eigenvalue weighted by Gasteiger charge is 2.36. The Morgan fingerprint density at radius 3 is 2.56 bits per heavy atom. The Morgan fingerprint density at radius 1 is 1.22 bits per heavy atom. The Bertz CT molecular complexity index is 401. The molecule has 3 heteroatoms. The molecule has 3 nitrogen and oxygen atoms in total. The van der Waals surface area contributed by atoms with E-state index in [1.54, 1.807) is 12.1 Å². The quantitative estimate of drug-likeness (QED) is 0.755. The van der Waals surface area contributed by atoms with Gasteiger partial charge in [-0.2, -0.15) is 0 Å². The van der Waals surface area contributed by atoms with E-state index in [0.717, 1.165) is 6.61 Å². The average molecular weight is 248 g/mol. The van der Waals surface area contributed by atoms with Crippen LogP contribution in [-0.2, 0) is 9.47 Å². The number of esters is 1. The van der Waals surface area contributed by atoms with Gasteiger partial charge in [0, 0.05) is 5.92 Å². The van der Waals surface area contributed by atoms with Crippen molar-refractivity contribution in [3.63, 3.8) is 0 Å². The van der Waals surface area contributed by atoms with Crippen molar-refractivity contribution in [3.05, 3.63) is 35.9 Å². The summed E-state index contributed by atoms with van der Waals surface area (Å²) < 4.78 is 11.2. The molecule has 0 spiro atoms. The fourth-order valence-corrected chi connectivity index (χ4v) is 2.27. The first-order chi connectivity index (χ1) is 8.59. The third kappa shape index (κ3) is 2.72. The van der Waals surface area contributed by atoms with Gasteiger partial charge in [0.2, 0.25) is 0 Å². The molecule has 1 unspecified atom stereocenters. The van der Waals surface area contributed by atoms with Crippen molar-refractivity contribution in [2.24, 2.45) is 11.8 Å². The lowest BCUT2D eigenvalue weighted by atomic mass is 9.86. The molecular weight excluding hydrogens is 228 g/mol. The van der Waals surface area contributed by atoms with Crippen LogP contribution in [0.1, 0.15) is 31.1 Å². The smallest absolute Gasteiger partial charge is 0.338 e. The van der Waals surface area contributed by atoms with Gasteiger partial charge in [-0.1, -0.05) is 32.0 Å². The van der Waals surface area contributed by atoms with Gasteiger partial charge in [0.15, 0.2) is 0 Å². The first-order valence-corrected chi connectivity index (χ1v) is 6.47. The Morgan fingerprint density at radius 2 is 1.89 bits per heavy atom. The first kappa shape index (κ1) is 13.1. The molecule has 0 aromatic heterocycles. The van der Waals surface area contributed by atoms with Crippen LogP contribution in [0.5, 0.6) is 0 Å². The fourth-order valence-electron chi connectivity index (χ4n) is 2.27. The molecule has 98 valence electrons. The molecule has 1 saturated heterocycles. The van der Waals surface area contributed by atoms with Crippen molar-refractivity contribution in [1.82, 2.24) is 0 Å². The van der Waals surface area contributed by atoms with Crippen LogP contribution in [0.4, 0.5) is 0 Å². The molecule has 0 radical (unpaired) electrons. The van der Waals surface area contributed by atoms with Gasteiger partial charge in [-0.25, -0.2) is 4.79 Å². The third-order valence-corrected chi connectivity index (χ3v) is 3.75. The molecule has 0 aliphatic carbocycles. The standard InChI is InChI=1S/C15H20O3/c1-10-9-17-12(3)14(11(10)2)18-15(16)13-7-5-4-6-8-13/h4-8,10-12,14H,9H2,1-3H3/t10-,11-,12-,14?/m0/s1. The van der Waals surface area contributed by atoms with Crippen molar-refractivity contribution in [1.29, 1.82) is 0 Å². The molecule has 18 heavy (non-hydrogen) atoms. The largest absolute Gasteiger partial charge is 0.456 e. The van der Waals surface area contributed by atoms with Crippen LogP contribution >= 0.6 is 0 Å². The zero-order chi connectivity index (χ0) is 13.1. The van der Waals surface area contributed by atoms with E-state index in [-0.39, 0.29) is 18.2 Å². The molecular formula is C15H20O3. The summed E-state index contributed by atoms with van der Waals surface area (Å²) in [4.78, 5) is 12.0. The van der Waals surface area contributed by atoms with Gasteiger partial charge in [-0.15, -0.1) is 0 Å². The Hall–Kier alpha value is -1.35. The second-order valence-corrected chi connectivity index (χ2v) is 5.11. The van der Waals surface area contributed by atoms with Crippen LogP contribution in [0, 0.1) is 11.8 Å². The molecule has 1 fully saturated rings. The molecule has 1 heterocycles. The minimum atomic E-state index is -0.267. The SMILES string of the molecule is C[C@@H]1OC[C@H](C)[C@H](C)C1OC(=O)c1ccccc1. The minimum Gasteiger partial charge on any atom is -0.456 e. The normalized spacial score (nSPS) is 31.9. The number of hydrogen-bond donors (Lipinski definition) is 0. The van der Waals surface area contributed by atoms with Gasteiger partial charge in [-0.05, 0) is 25.0 Å². The minimum absolute atomic E-state index is 0.0381. The zero-order valence-electron chi connectivity index (χ0n) is 11.1. The van der Waals surface area contributed by atoms with Crippen LogP contribution in [-0.4, -0.2) is 24.8 Å². The van der Waals surface area contributed by atoms with E-state index in [4.69, 9.17) is 9.47 Å². The van der Waals surface area contributed by atoms with Crippen molar-refractivity contribution < 1.29 is 14.3 Å². The summed E-state index contributed by atoms with van der Waals surface area (Å²) >= 11 is 0. The van der Waals surface area contributed by atoms with E-state index >= 15 is 0 Å². The van der Waals surface area contributed by atoms with Gasteiger partial charge < -0.3 is 9.47 Å². The van der Waals surface area contributed by atoms with Crippen molar-refractivity contribution in [3.8, 4) is 0 Å². The topological polar surface area (TPSA) is 35.5 Å². The lowest BCUT2D eigenvalue weighted by molar-refractivity contribution is -0.122. The third-order valence-electron chi connectivity index (χ3n) is 3.75. The van der Waals surface area contributed by atoms with E-state index in [9.17, 15) is 4.79 Å². The number of benzene rings is 1. The van der Waals surface area contributed by atoms with Crippen molar-refractivity contribution in [2.75, 3.05) is 6.61 Å². The van der Waals surface area contributed by atoms with Gasteiger partial charge in [-0.3, -0.25) is 0 Å². The molecule has 1 aliphatic heterocycles. The molecule has 0 N–H and O–H groups in total. The van der Waals surface area contributed by atoms with E-state index in [1.165, 1.54) is 0 Å². The highest BCUT2D eigenvalue weighted by molar-refractivity contribution is 5.89. The number of carbonyl (C=O) groups is 1. The molecule has 1 aromatic carbocycles. The zero-order valence-corrected chi connectivity index (χ0v) is 11.1. The number of ether oxygens (including phenoxy) is 2. The van der Waals surface area contributed by atoms with Crippen molar-refractivity contribution in [2.45, 2.75) is 33.0 Å². The van der Waals surface area contributed by atoms with Crippen LogP contribution in [0.2, 0.25) is 0 Å². The summed E-state index contributed by atoms with van der Waals surface area (Å²) in [6.07, 6.45) is -0.203. The van der Waals surface area contributed by atoms with E-state index in [2.05, 4.69) is 13.8 Å². The van der Waals surface area contributed by atoms with Crippen molar-refractivity contribution >= 4 is 5.97 Å². The lowest BCUT2D eigenvalue weighted by Crippen LogP contribution is -2.45. The van der Waals surface area contributed by atoms with E-state index < -0.39 is 0 Å². The van der Waals surface area contributed by atoms with Crippen LogP contribution in [0.15, 0.2) is 30.3 Å². The molecule has 0 amide bonds. The molecule has 2 rings (SSSR count). The van der Waals surface area contributed by atoms with Gasteiger partial charge >= 0.3 is 5.97 Å². The average Bonchev–Trinajstić information content (AvgIpc) is 2.40. The highest BCUT2D eigenvalue weighted by Crippen LogP contribution is 2.28.